The van der Waals surface area contributed by atoms with Crippen LogP contribution in [0.5, 0.6) is 0 Å². The van der Waals surface area contributed by atoms with E-state index in [1.54, 1.807) is 0 Å². The Morgan fingerprint density at radius 3 is 3.05 bits per heavy atom. The standard InChI is InChI=1S/C16H18N4/c1-12-5-6-14-13(10-12)7-9-19(14)11-16-18-17-15-4-2-3-8-20(15)16/h5-7,9-10H,2-4,8,11H2,1H3. The van der Waals surface area contributed by atoms with Crippen molar-refractivity contribution in [3.63, 3.8) is 0 Å². The minimum atomic E-state index is 0.805. The number of fused-ring (bicyclic) bond motifs is 2. The fourth-order valence-corrected chi connectivity index (χ4v) is 3.10. The third kappa shape index (κ3) is 1.83. The van der Waals surface area contributed by atoms with Gasteiger partial charge in [0.15, 0.2) is 5.82 Å². The predicted octanol–water partition coefficient (Wildman–Crippen LogP) is 2.93. The van der Waals surface area contributed by atoms with Gasteiger partial charge in [-0.3, -0.25) is 0 Å². The lowest BCUT2D eigenvalue weighted by atomic mass is 10.1. The molecule has 0 spiro atoms. The highest BCUT2D eigenvalue weighted by atomic mass is 15.3. The van der Waals surface area contributed by atoms with E-state index < -0.39 is 0 Å². The molecule has 4 nitrogen and oxygen atoms in total. The summed E-state index contributed by atoms with van der Waals surface area (Å²) in [5.74, 6) is 2.23. The van der Waals surface area contributed by atoms with Gasteiger partial charge in [0.1, 0.15) is 5.82 Å². The van der Waals surface area contributed by atoms with E-state index >= 15 is 0 Å². The van der Waals surface area contributed by atoms with Crippen molar-refractivity contribution >= 4 is 10.9 Å². The first-order valence-corrected chi connectivity index (χ1v) is 7.28. The predicted molar refractivity (Wildman–Crippen MR) is 78.7 cm³/mol. The van der Waals surface area contributed by atoms with Crippen LogP contribution in [0.25, 0.3) is 10.9 Å². The molecule has 0 saturated heterocycles. The van der Waals surface area contributed by atoms with Gasteiger partial charge in [-0.15, -0.1) is 10.2 Å². The molecule has 2 aromatic heterocycles. The molecule has 1 aliphatic heterocycles. The van der Waals surface area contributed by atoms with Gasteiger partial charge in [-0.1, -0.05) is 11.6 Å². The summed E-state index contributed by atoms with van der Waals surface area (Å²) in [6.45, 7) is 4.00. The lowest BCUT2D eigenvalue weighted by molar-refractivity contribution is 0.503. The fourth-order valence-electron chi connectivity index (χ4n) is 3.10. The van der Waals surface area contributed by atoms with Gasteiger partial charge in [-0.25, -0.2) is 0 Å². The second-order valence-corrected chi connectivity index (χ2v) is 5.65. The Morgan fingerprint density at radius 2 is 2.10 bits per heavy atom. The van der Waals surface area contributed by atoms with Crippen LogP contribution in [0.2, 0.25) is 0 Å². The van der Waals surface area contributed by atoms with E-state index in [1.807, 2.05) is 0 Å². The van der Waals surface area contributed by atoms with Gasteiger partial charge in [0.25, 0.3) is 0 Å². The molecule has 0 bridgehead atoms. The highest BCUT2D eigenvalue weighted by Crippen LogP contribution is 2.20. The van der Waals surface area contributed by atoms with E-state index in [9.17, 15) is 0 Å². The number of benzene rings is 1. The Kier molecular flexibility index (Phi) is 2.62. The molecule has 0 radical (unpaired) electrons. The Bertz CT molecular complexity index is 766. The van der Waals surface area contributed by atoms with Crippen LogP contribution >= 0.6 is 0 Å². The zero-order valence-electron chi connectivity index (χ0n) is 11.7. The Hall–Kier alpha value is -2.10. The van der Waals surface area contributed by atoms with Crippen molar-refractivity contribution in [1.29, 1.82) is 0 Å². The smallest absolute Gasteiger partial charge is 0.153 e. The molecule has 4 heteroatoms. The lowest BCUT2D eigenvalue weighted by Crippen LogP contribution is -2.14. The van der Waals surface area contributed by atoms with Crippen LogP contribution in [-0.4, -0.2) is 19.3 Å². The third-order valence-corrected chi connectivity index (χ3v) is 4.17. The van der Waals surface area contributed by atoms with Crippen LogP contribution in [0.1, 0.15) is 30.1 Å². The van der Waals surface area contributed by atoms with Crippen LogP contribution < -0.4 is 0 Å². The SMILES string of the molecule is Cc1ccc2c(ccn2Cc2nnc3n2CCCC3)c1. The van der Waals surface area contributed by atoms with Crippen molar-refractivity contribution < 1.29 is 0 Å². The molecule has 1 aliphatic rings. The second-order valence-electron chi connectivity index (χ2n) is 5.65. The van der Waals surface area contributed by atoms with Gasteiger partial charge in [0.05, 0.1) is 6.54 Å². The van der Waals surface area contributed by atoms with Crippen LogP contribution in [-0.2, 0) is 19.5 Å². The van der Waals surface area contributed by atoms with Crippen molar-refractivity contribution in [3.05, 3.63) is 47.7 Å². The van der Waals surface area contributed by atoms with Crippen molar-refractivity contribution in [2.75, 3.05) is 0 Å². The summed E-state index contributed by atoms with van der Waals surface area (Å²) in [5.41, 5.74) is 2.57. The van der Waals surface area contributed by atoms with Gasteiger partial charge in [-0.05, 0) is 43.4 Å². The summed E-state index contributed by atoms with van der Waals surface area (Å²) in [5, 5.41) is 10.0. The average molecular weight is 266 g/mol. The Morgan fingerprint density at radius 1 is 1.15 bits per heavy atom. The highest BCUT2D eigenvalue weighted by Gasteiger charge is 2.16. The molecule has 102 valence electrons. The maximum Gasteiger partial charge on any atom is 0.153 e. The zero-order valence-corrected chi connectivity index (χ0v) is 11.7. The molecule has 1 aromatic carbocycles. The Balaban J connectivity index is 1.72. The molecule has 0 unspecified atom stereocenters. The molecule has 0 aliphatic carbocycles. The van der Waals surface area contributed by atoms with Crippen LogP contribution in [0.3, 0.4) is 0 Å². The summed E-state index contributed by atoms with van der Waals surface area (Å²) in [7, 11) is 0. The quantitative estimate of drug-likeness (QED) is 0.715. The van der Waals surface area contributed by atoms with E-state index in [1.165, 1.54) is 29.3 Å². The molecule has 3 heterocycles. The molecule has 4 rings (SSSR count). The summed E-state index contributed by atoms with van der Waals surface area (Å²) < 4.78 is 4.56. The van der Waals surface area contributed by atoms with Gasteiger partial charge >= 0.3 is 0 Å². The summed E-state index contributed by atoms with van der Waals surface area (Å²) in [6, 6.07) is 8.76. The molecular weight excluding hydrogens is 248 g/mol. The first-order valence-electron chi connectivity index (χ1n) is 7.28. The number of hydrogen-bond acceptors (Lipinski definition) is 2. The van der Waals surface area contributed by atoms with E-state index in [0.29, 0.717) is 0 Å². The van der Waals surface area contributed by atoms with Crippen molar-refractivity contribution in [2.45, 2.75) is 39.3 Å². The molecule has 3 aromatic rings. The average Bonchev–Trinajstić information content (AvgIpc) is 3.04. The molecule has 0 saturated carbocycles. The van der Waals surface area contributed by atoms with E-state index in [4.69, 9.17) is 0 Å². The van der Waals surface area contributed by atoms with Crippen LogP contribution in [0.4, 0.5) is 0 Å². The molecule has 0 N–H and O–H groups in total. The van der Waals surface area contributed by atoms with Crippen molar-refractivity contribution in [3.8, 4) is 0 Å². The highest BCUT2D eigenvalue weighted by molar-refractivity contribution is 5.80. The molecule has 20 heavy (non-hydrogen) atoms. The van der Waals surface area contributed by atoms with Gasteiger partial charge in [0, 0.05) is 24.7 Å². The number of aromatic nitrogens is 4. The zero-order chi connectivity index (χ0) is 13.5. The fraction of sp³-hybridized carbons (Fsp3) is 0.375. The van der Waals surface area contributed by atoms with Crippen molar-refractivity contribution in [1.82, 2.24) is 19.3 Å². The van der Waals surface area contributed by atoms with E-state index in [2.05, 4.69) is 56.7 Å². The normalized spacial score (nSPS) is 14.7. The van der Waals surface area contributed by atoms with Crippen molar-refractivity contribution in [2.24, 2.45) is 0 Å². The van der Waals surface area contributed by atoms with Gasteiger partial charge in [0.2, 0.25) is 0 Å². The number of hydrogen-bond donors (Lipinski definition) is 0. The van der Waals surface area contributed by atoms with Gasteiger partial charge in [-0.2, -0.15) is 0 Å². The Labute approximate surface area is 118 Å². The topological polar surface area (TPSA) is 35.6 Å². The monoisotopic (exact) mass is 266 g/mol. The summed E-state index contributed by atoms with van der Waals surface area (Å²) >= 11 is 0. The molecule has 0 amide bonds. The third-order valence-electron chi connectivity index (χ3n) is 4.17. The maximum absolute atomic E-state index is 4.39. The maximum atomic E-state index is 4.39. The van der Waals surface area contributed by atoms with Crippen LogP contribution in [0.15, 0.2) is 30.5 Å². The lowest BCUT2D eigenvalue weighted by Gasteiger charge is -2.15. The first kappa shape index (κ1) is 11.7. The second kappa shape index (κ2) is 4.47. The first-order chi connectivity index (χ1) is 9.81. The molecule has 0 fully saturated rings. The van der Waals surface area contributed by atoms with E-state index in [0.717, 1.165) is 31.2 Å². The largest absolute Gasteiger partial charge is 0.340 e. The summed E-state index contributed by atoms with van der Waals surface area (Å²) in [6.07, 6.45) is 5.70. The number of rotatable bonds is 2. The van der Waals surface area contributed by atoms with E-state index in [-0.39, 0.29) is 0 Å². The van der Waals surface area contributed by atoms with Gasteiger partial charge < -0.3 is 9.13 Å². The summed E-state index contributed by atoms with van der Waals surface area (Å²) in [4.78, 5) is 0. The van der Waals surface area contributed by atoms with Crippen LogP contribution in [0, 0.1) is 6.92 Å². The molecule has 0 atom stereocenters. The number of nitrogens with zero attached hydrogens (tertiary/aromatic N) is 4. The minimum absolute atomic E-state index is 0.805. The molecular formula is C16H18N4. The minimum Gasteiger partial charge on any atom is -0.340 e. The number of aryl methyl sites for hydroxylation is 2.